The van der Waals surface area contributed by atoms with Gasteiger partial charge in [-0.1, -0.05) is 6.07 Å². The average Bonchev–Trinajstić information content (AvgIpc) is 3.24. The highest BCUT2D eigenvalue weighted by atomic mass is 16.5. The molecule has 6 nitrogen and oxygen atoms in total. The highest BCUT2D eigenvalue weighted by Crippen LogP contribution is 2.39. The van der Waals surface area contributed by atoms with E-state index in [1.54, 1.807) is 6.26 Å². The van der Waals surface area contributed by atoms with E-state index >= 15 is 0 Å². The molecule has 0 spiro atoms. The summed E-state index contributed by atoms with van der Waals surface area (Å²) in [4.78, 5) is 26.5. The maximum Gasteiger partial charge on any atom is 0.147 e. The Hall–Kier alpha value is -2.70. The molecule has 2 aliphatic rings. The Labute approximate surface area is 187 Å². The third-order valence-corrected chi connectivity index (χ3v) is 6.93. The summed E-state index contributed by atoms with van der Waals surface area (Å²) in [5, 5.41) is 3.07. The first-order chi connectivity index (χ1) is 15.6. The minimum absolute atomic E-state index is 0.00504. The number of carbonyl (C=O) groups excluding carboxylic acids is 2. The van der Waals surface area contributed by atoms with Gasteiger partial charge in [0.1, 0.15) is 29.5 Å². The van der Waals surface area contributed by atoms with Crippen LogP contribution in [0.3, 0.4) is 0 Å². The van der Waals surface area contributed by atoms with Crippen LogP contribution in [0.4, 0.5) is 0 Å². The number of ether oxygens (including phenoxy) is 2. The van der Waals surface area contributed by atoms with Gasteiger partial charge in [-0.3, -0.25) is 14.5 Å². The molecule has 32 heavy (non-hydrogen) atoms. The van der Waals surface area contributed by atoms with Crippen molar-refractivity contribution < 1.29 is 23.5 Å². The van der Waals surface area contributed by atoms with E-state index in [2.05, 4.69) is 11.9 Å². The van der Waals surface area contributed by atoms with Crippen molar-refractivity contribution >= 4 is 33.3 Å². The van der Waals surface area contributed by atoms with Crippen LogP contribution in [0.25, 0.3) is 21.7 Å². The zero-order valence-electron chi connectivity index (χ0n) is 18.5. The Bertz CT molecular complexity index is 1140. The van der Waals surface area contributed by atoms with Crippen molar-refractivity contribution in [2.45, 2.75) is 44.1 Å². The van der Waals surface area contributed by atoms with Gasteiger partial charge in [-0.05, 0) is 61.3 Å². The lowest BCUT2D eigenvalue weighted by atomic mass is 9.81. The van der Waals surface area contributed by atoms with Gasteiger partial charge >= 0.3 is 0 Å². The number of ketones is 2. The summed E-state index contributed by atoms with van der Waals surface area (Å²) in [6.45, 7) is 3.18. The smallest absolute Gasteiger partial charge is 0.147 e. The van der Waals surface area contributed by atoms with Gasteiger partial charge in [0.15, 0.2) is 0 Å². The molecule has 0 bridgehead atoms. The molecule has 168 valence electrons. The third kappa shape index (κ3) is 4.17. The van der Waals surface area contributed by atoms with Crippen LogP contribution in [-0.4, -0.2) is 55.9 Å². The summed E-state index contributed by atoms with van der Waals surface area (Å²) in [5.74, 6) is 0.598. The second-order valence-electron chi connectivity index (χ2n) is 8.96. The van der Waals surface area contributed by atoms with E-state index in [9.17, 15) is 9.59 Å². The molecular formula is C26H29NO5. The van der Waals surface area contributed by atoms with Gasteiger partial charge in [-0.2, -0.15) is 0 Å². The molecule has 2 heterocycles. The highest BCUT2D eigenvalue weighted by molar-refractivity contribution is 6.11. The van der Waals surface area contributed by atoms with Crippen molar-refractivity contribution in [1.82, 2.24) is 4.90 Å². The summed E-state index contributed by atoms with van der Waals surface area (Å²) in [7, 11) is 2.15. The zero-order valence-corrected chi connectivity index (χ0v) is 18.5. The van der Waals surface area contributed by atoms with Crippen molar-refractivity contribution in [1.29, 1.82) is 0 Å². The lowest BCUT2D eigenvalue weighted by Gasteiger charge is -2.31. The molecular weight excluding hydrogens is 406 g/mol. The predicted octanol–water partition coefficient (Wildman–Crippen LogP) is 4.48. The fraction of sp³-hybridized carbons (Fsp3) is 0.462. The van der Waals surface area contributed by atoms with Crippen LogP contribution in [0.2, 0.25) is 0 Å². The monoisotopic (exact) mass is 435 g/mol. The Balaban J connectivity index is 1.34. The SMILES string of the molecule is CN(CCOc1ccc2c(ccc3occ(C4CCC(=O)CC4=O)c32)c1)C1CCOCC1. The van der Waals surface area contributed by atoms with E-state index in [0.717, 1.165) is 65.7 Å². The summed E-state index contributed by atoms with van der Waals surface area (Å²) >= 11 is 0. The molecule has 1 saturated carbocycles. The Morgan fingerprint density at radius 2 is 1.94 bits per heavy atom. The first kappa shape index (κ1) is 21.2. The van der Waals surface area contributed by atoms with Crippen LogP contribution in [-0.2, 0) is 14.3 Å². The maximum absolute atomic E-state index is 12.5. The van der Waals surface area contributed by atoms with Gasteiger partial charge in [-0.25, -0.2) is 0 Å². The molecule has 3 aromatic rings. The molecule has 1 aliphatic carbocycles. The lowest BCUT2D eigenvalue weighted by molar-refractivity contribution is -0.130. The molecule has 0 radical (unpaired) electrons. The standard InChI is InChI=1S/C26H29NO5/c1-27(18-8-11-30-12-9-18)10-13-31-20-4-6-21-17(14-20)2-7-25-26(21)23(16-32-25)22-5-3-19(28)15-24(22)29/h2,4,6-7,14,16,18,22H,3,5,8-13,15H2,1H3. The molecule has 0 amide bonds. The van der Waals surface area contributed by atoms with Gasteiger partial charge in [0, 0.05) is 49.1 Å². The second-order valence-corrected chi connectivity index (χ2v) is 8.96. The molecule has 1 unspecified atom stereocenters. The number of carbonyl (C=O) groups is 2. The Morgan fingerprint density at radius 3 is 2.75 bits per heavy atom. The molecule has 1 aliphatic heterocycles. The minimum Gasteiger partial charge on any atom is -0.492 e. The summed E-state index contributed by atoms with van der Waals surface area (Å²) in [6, 6.07) is 10.6. The number of likely N-dealkylation sites (N-methyl/N-ethyl adjacent to an activating group) is 1. The predicted molar refractivity (Wildman–Crippen MR) is 122 cm³/mol. The van der Waals surface area contributed by atoms with E-state index < -0.39 is 0 Å². The van der Waals surface area contributed by atoms with E-state index in [4.69, 9.17) is 13.9 Å². The molecule has 1 atom stereocenters. The molecule has 0 N–H and O–H groups in total. The number of rotatable bonds is 6. The number of nitrogens with zero attached hydrogens (tertiary/aromatic N) is 1. The Kier molecular flexibility index (Phi) is 5.98. The fourth-order valence-electron chi connectivity index (χ4n) is 5.03. The van der Waals surface area contributed by atoms with Crippen LogP contribution in [0.1, 0.15) is 43.6 Å². The van der Waals surface area contributed by atoms with Crippen molar-refractivity contribution in [3.8, 4) is 5.75 Å². The van der Waals surface area contributed by atoms with Crippen LogP contribution < -0.4 is 4.74 Å². The largest absolute Gasteiger partial charge is 0.492 e. The van der Waals surface area contributed by atoms with Crippen LogP contribution in [0.5, 0.6) is 5.75 Å². The summed E-state index contributed by atoms with van der Waals surface area (Å²) < 4.78 is 17.3. The first-order valence-electron chi connectivity index (χ1n) is 11.5. The number of fused-ring (bicyclic) bond motifs is 3. The molecule has 2 fully saturated rings. The van der Waals surface area contributed by atoms with E-state index in [0.29, 0.717) is 25.5 Å². The quantitative estimate of drug-likeness (QED) is 0.532. The van der Waals surface area contributed by atoms with Crippen molar-refractivity contribution in [2.24, 2.45) is 0 Å². The number of Topliss-reactive ketones (excluding diaryl/α,β-unsaturated/α-hetero) is 2. The molecule has 2 aromatic carbocycles. The highest BCUT2D eigenvalue weighted by Gasteiger charge is 2.31. The van der Waals surface area contributed by atoms with Crippen molar-refractivity contribution in [3.05, 3.63) is 42.2 Å². The third-order valence-electron chi connectivity index (χ3n) is 6.93. The molecule has 1 saturated heterocycles. The molecule has 1 aromatic heterocycles. The van der Waals surface area contributed by atoms with E-state index in [1.807, 2.05) is 30.3 Å². The summed E-state index contributed by atoms with van der Waals surface area (Å²) in [6.07, 6.45) is 4.89. The van der Waals surface area contributed by atoms with Gasteiger partial charge in [0.25, 0.3) is 0 Å². The van der Waals surface area contributed by atoms with Crippen LogP contribution >= 0.6 is 0 Å². The van der Waals surface area contributed by atoms with Gasteiger partial charge < -0.3 is 13.9 Å². The Morgan fingerprint density at radius 1 is 1.09 bits per heavy atom. The zero-order chi connectivity index (χ0) is 22.1. The van der Waals surface area contributed by atoms with Crippen LogP contribution in [0.15, 0.2) is 41.0 Å². The van der Waals surface area contributed by atoms with Crippen molar-refractivity contribution in [3.63, 3.8) is 0 Å². The maximum atomic E-state index is 12.5. The van der Waals surface area contributed by atoms with E-state index in [1.165, 1.54) is 0 Å². The second kappa shape index (κ2) is 9.04. The van der Waals surface area contributed by atoms with Gasteiger partial charge in [0.2, 0.25) is 0 Å². The van der Waals surface area contributed by atoms with Gasteiger partial charge in [-0.15, -0.1) is 0 Å². The van der Waals surface area contributed by atoms with Gasteiger partial charge in [0.05, 0.1) is 12.7 Å². The van der Waals surface area contributed by atoms with Crippen LogP contribution in [0, 0.1) is 0 Å². The number of furan rings is 1. The number of benzene rings is 2. The van der Waals surface area contributed by atoms with Crippen molar-refractivity contribution in [2.75, 3.05) is 33.4 Å². The lowest BCUT2D eigenvalue weighted by Crippen LogP contribution is -2.38. The normalized spacial score (nSPS) is 20.5. The first-order valence-corrected chi connectivity index (χ1v) is 11.5. The summed E-state index contributed by atoms with van der Waals surface area (Å²) in [5.41, 5.74) is 1.67. The average molecular weight is 436 g/mol. The fourth-order valence-corrected chi connectivity index (χ4v) is 5.03. The number of hydrogen-bond donors (Lipinski definition) is 0. The topological polar surface area (TPSA) is 69.0 Å². The molecule has 5 rings (SSSR count). The minimum atomic E-state index is -0.267. The molecule has 6 heteroatoms. The number of hydrogen-bond acceptors (Lipinski definition) is 6. The van der Waals surface area contributed by atoms with E-state index in [-0.39, 0.29) is 23.9 Å².